The molecule has 3 nitrogen and oxygen atoms in total. The lowest BCUT2D eigenvalue weighted by atomic mass is 10.1. The first kappa shape index (κ1) is 14.1. The lowest BCUT2D eigenvalue weighted by molar-refractivity contribution is 0.0790. The van der Waals surface area contributed by atoms with Crippen LogP contribution >= 0.6 is 0 Å². The van der Waals surface area contributed by atoms with E-state index in [9.17, 15) is 4.79 Å². The Bertz CT molecular complexity index is 450. The van der Waals surface area contributed by atoms with Crippen molar-refractivity contribution in [1.29, 1.82) is 0 Å². The van der Waals surface area contributed by atoms with Crippen LogP contribution in [0.15, 0.2) is 18.2 Å². The highest BCUT2D eigenvalue weighted by Crippen LogP contribution is 2.13. The summed E-state index contributed by atoms with van der Waals surface area (Å²) in [5, 5.41) is 3.47. The maximum Gasteiger partial charge on any atom is 0.253 e. The standard InChI is InChI=1S/C16H24N2O/c1-12-6-7-14(11-13(12)2)16(19)18(3)10-8-15-5-4-9-17-15/h6-7,11,15,17H,4-5,8-10H2,1-3H3. The summed E-state index contributed by atoms with van der Waals surface area (Å²) in [5.74, 6) is 0.126. The molecule has 0 radical (unpaired) electrons. The Morgan fingerprint density at radius 2 is 2.16 bits per heavy atom. The quantitative estimate of drug-likeness (QED) is 0.902. The van der Waals surface area contributed by atoms with Crippen molar-refractivity contribution in [3.63, 3.8) is 0 Å². The van der Waals surface area contributed by atoms with Gasteiger partial charge in [-0.25, -0.2) is 0 Å². The van der Waals surface area contributed by atoms with Crippen LogP contribution in [0.3, 0.4) is 0 Å². The monoisotopic (exact) mass is 260 g/mol. The zero-order valence-electron chi connectivity index (χ0n) is 12.2. The molecule has 1 aromatic rings. The van der Waals surface area contributed by atoms with Gasteiger partial charge >= 0.3 is 0 Å². The first-order valence-electron chi connectivity index (χ1n) is 7.14. The maximum absolute atomic E-state index is 12.3. The molecule has 3 heteroatoms. The molecule has 19 heavy (non-hydrogen) atoms. The van der Waals surface area contributed by atoms with E-state index in [1.165, 1.54) is 24.0 Å². The number of hydrogen-bond donors (Lipinski definition) is 1. The molecule has 1 aliphatic rings. The first-order chi connectivity index (χ1) is 9.08. The smallest absolute Gasteiger partial charge is 0.253 e. The van der Waals surface area contributed by atoms with E-state index in [-0.39, 0.29) is 5.91 Å². The van der Waals surface area contributed by atoms with E-state index in [2.05, 4.69) is 19.2 Å². The number of benzene rings is 1. The highest BCUT2D eigenvalue weighted by molar-refractivity contribution is 5.94. The highest BCUT2D eigenvalue weighted by Gasteiger charge is 2.17. The van der Waals surface area contributed by atoms with Crippen LogP contribution in [0.1, 0.15) is 40.7 Å². The van der Waals surface area contributed by atoms with Crippen LogP contribution in [0.25, 0.3) is 0 Å². The SMILES string of the molecule is Cc1ccc(C(=O)N(C)CCC2CCCN2)cc1C. The van der Waals surface area contributed by atoms with Crippen LogP contribution in [-0.4, -0.2) is 37.0 Å². The number of carbonyl (C=O) groups excluding carboxylic acids is 1. The molecular formula is C16H24N2O. The number of aryl methyl sites for hydroxylation is 2. The summed E-state index contributed by atoms with van der Waals surface area (Å²) in [7, 11) is 1.90. The average Bonchev–Trinajstić information content (AvgIpc) is 2.91. The molecule has 0 aromatic heterocycles. The van der Waals surface area contributed by atoms with E-state index in [1.807, 2.05) is 30.1 Å². The van der Waals surface area contributed by atoms with Gasteiger partial charge in [-0.15, -0.1) is 0 Å². The third kappa shape index (κ3) is 3.57. The van der Waals surface area contributed by atoms with Gasteiger partial charge in [0, 0.05) is 25.2 Å². The number of amides is 1. The molecule has 1 unspecified atom stereocenters. The van der Waals surface area contributed by atoms with Crippen molar-refractivity contribution in [1.82, 2.24) is 10.2 Å². The third-order valence-electron chi connectivity index (χ3n) is 4.08. The fourth-order valence-corrected chi connectivity index (χ4v) is 2.55. The van der Waals surface area contributed by atoms with E-state index >= 15 is 0 Å². The summed E-state index contributed by atoms with van der Waals surface area (Å²) < 4.78 is 0. The van der Waals surface area contributed by atoms with E-state index in [4.69, 9.17) is 0 Å². The van der Waals surface area contributed by atoms with E-state index in [1.54, 1.807) is 0 Å². The van der Waals surface area contributed by atoms with Crippen molar-refractivity contribution in [2.45, 2.75) is 39.2 Å². The summed E-state index contributed by atoms with van der Waals surface area (Å²) in [6.07, 6.45) is 3.55. The molecule has 0 aliphatic carbocycles. The highest BCUT2D eigenvalue weighted by atomic mass is 16.2. The molecule has 0 saturated carbocycles. The zero-order valence-corrected chi connectivity index (χ0v) is 12.2. The molecule has 1 heterocycles. The predicted molar refractivity (Wildman–Crippen MR) is 78.5 cm³/mol. The van der Waals surface area contributed by atoms with Crippen molar-refractivity contribution >= 4 is 5.91 Å². The summed E-state index contributed by atoms with van der Waals surface area (Å²) >= 11 is 0. The minimum atomic E-state index is 0.126. The molecular weight excluding hydrogens is 236 g/mol. The number of hydrogen-bond acceptors (Lipinski definition) is 2. The molecule has 1 N–H and O–H groups in total. The molecule has 104 valence electrons. The summed E-state index contributed by atoms with van der Waals surface area (Å²) in [5.41, 5.74) is 3.20. The van der Waals surface area contributed by atoms with Gasteiger partial charge in [-0.05, 0) is 62.9 Å². The van der Waals surface area contributed by atoms with Gasteiger partial charge in [-0.2, -0.15) is 0 Å². The second-order valence-electron chi connectivity index (χ2n) is 5.61. The topological polar surface area (TPSA) is 32.3 Å². The summed E-state index contributed by atoms with van der Waals surface area (Å²) in [6.45, 7) is 6.07. The van der Waals surface area contributed by atoms with Gasteiger partial charge in [-0.1, -0.05) is 6.07 Å². The molecule has 0 bridgehead atoms. The number of nitrogens with zero attached hydrogens (tertiary/aromatic N) is 1. The zero-order chi connectivity index (χ0) is 13.8. The fraction of sp³-hybridized carbons (Fsp3) is 0.562. The van der Waals surface area contributed by atoms with Crippen molar-refractivity contribution in [2.75, 3.05) is 20.1 Å². The lowest BCUT2D eigenvalue weighted by Crippen LogP contribution is -2.32. The summed E-state index contributed by atoms with van der Waals surface area (Å²) in [4.78, 5) is 14.2. The normalized spacial score (nSPS) is 18.6. The van der Waals surface area contributed by atoms with E-state index in [0.717, 1.165) is 25.1 Å². The Morgan fingerprint density at radius 3 is 2.79 bits per heavy atom. The van der Waals surface area contributed by atoms with E-state index < -0.39 is 0 Å². The maximum atomic E-state index is 12.3. The van der Waals surface area contributed by atoms with Gasteiger partial charge in [-0.3, -0.25) is 4.79 Å². The van der Waals surface area contributed by atoms with E-state index in [0.29, 0.717) is 6.04 Å². The minimum Gasteiger partial charge on any atom is -0.342 e. The second-order valence-corrected chi connectivity index (χ2v) is 5.61. The molecule has 1 saturated heterocycles. The van der Waals surface area contributed by atoms with Gasteiger partial charge < -0.3 is 10.2 Å². The van der Waals surface area contributed by atoms with Crippen molar-refractivity contribution in [3.05, 3.63) is 34.9 Å². The molecule has 2 rings (SSSR count). The molecule has 1 aliphatic heterocycles. The number of rotatable bonds is 4. The first-order valence-corrected chi connectivity index (χ1v) is 7.14. The van der Waals surface area contributed by atoms with Crippen LogP contribution in [0.5, 0.6) is 0 Å². The molecule has 1 fully saturated rings. The van der Waals surface area contributed by atoms with Crippen molar-refractivity contribution in [3.8, 4) is 0 Å². The van der Waals surface area contributed by atoms with Gasteiger partial charge in [0.25, 0.3) is 5.91 Å². The van der Waals surface area contributed by atoms with Gasteiger partial charge in [0.15, 0.2) is 0 Å². The van der Waals surface area contributed by atoms with Gasteiger partial charge in [0.2, 0.25) is 0 Å². The Labute approximate surface area is 116 Å². The summed E-state index contributed by atoms with van der Waals surface area (Å²) in [6, 6.07) is 6.53. The van der Waals surface area contributed by atoms with Crippen LogP contribution < -0.4 is 5.32 Å². The van der Waals surface area contributed by atoms with Crippen LogP contribution in [0, 0.1) is 13.8 Å². The lowest BCUT2D eigenvalue weighted by Gasteiger charge is -2.20. The Morgan fingerprint density at radius 1 is 1.37 bits per heavy atom. The largest absolute Gasteiger partial charge is 0.342 e. The molecule has 1 atom stereocenters. The predicted octanol–water partition coefficient (Wildman–Crippen LogP) is 2.52. The second kappa shape index (κ2) is 6.20. The minimum absolute atomic E-state index is 0.126. The molecule has 1 aromatic carbocycles. The van der Waals surface area contributed by atoms with Crippen LogP contribution in [0.2, 0.25) is 0 Å². The van der Waals surface area contributed by atoms with Crippen molar-refractivity contribution in [2.24, 2.45) is 0 Å². The van der Waals surface area contributed by atoms with Gasteiger partial charge in [0.05, 0.1) is 0 Å². The van der Waals surface area contributed by atoms with Gasteiger partial charge in [0.1, 0.15) is 0 Å². The third-order valence-corrected chi connectivity index (χ3v) is 4.08. The number of carbonyl (C=O) groups is 1. The van der Waals surface area contributed by atoms with Crippen LogP contribution in [0.4, 0.5) is 0 Å². The average molecular weight is 260 g/mol. The van der Waals surface area contributed by atoms with Crippen LogP contribution in [-0.2, 0) is 0 Å². The number of nitrogens with one attached hydrogen (secondary N) is 1. The molecule has 0 spiro atoms. The molecule has 1 amide bonds. The fourth-order valence-electron chi connectivity index (χ4n) is 2.55. The Hall–Kier alpha value is -1.35. The Balaban J connectivity index is 1.92. The Kier molecular flexibility index (Phi) is 4.59. The van der Waals surface area contributed by atoms with Crippen molar-refractivity contribution < 1.29 is 4.79 Å².